The van der Waals surface area contributed by atoms with Crippen LogP contribution in [0.2, 0.25) is 0 Å². The zero-order valence-electron chi connectivity index (χ0n) is 24.2. The number of aromatic nitrogens is 4. The van der Waals surface area contributed by atoms with Gasteiger partial charge in [-0.3, -0.25) is 14.2 Å². The fraction of sp³-hybridized carbons (Fsp3) is 0.364. The van der Waals surface area contributed by atoms with Crippen LogP contribution in [-0.2, 0) is 13.5 Å². The molecule has 2 aromatic carbocycles. The molecular formula is C33H37N5O3. The Balaban J connectivity index is 1.34. The van der Waals surface area contributed by atoms with Gasteiger partial charge in [0.05, 0.1) is 42.3 Å². The number of benzene rings is 2. The summed E-state index contributed by atoms with van der Waals surface area (Å²) >= 11 is 0. The summed E-state index contributed by atoms with van der Waals surface area (Å²) < 4.78 is 15.5. The molecule has 6 rings (SSSR count). The smallest absolute Gasteiger partial charge is 0.183 e. The Morgan fingerprint density at radius 2 is 1.83 bits per heavy atom. The normalized spacial score (nSPS) is 17.3. The maximum atomic E-state index is 13.5. The Hall–Kier alpha value is -4.17. The number of hydrogen-bond acceptors (Lipinski definition) is 6. The molecule has 0 spiro atoms. The molecule has 1 fully saturated rings. The molecule has 0 unspecified atom stereocenters. The highest BCUT2D eigenvalue weighted by atomic mass is 16.5. The van der Waals surface area contributed by atoms with Crippen LogP contribution < -0.4 is 15.2 Å². The molecule has 0 aliphatic heterocycles. The number of fused-ring (bicyclic) bond motifs is 2. The van der Waals surface area contributed by atoms with Crippen molar-refractivity contribution in [2.45, 2.75) is 44.9 Å². The van der Waals surface area contributed by atoms with E-state index in [9.17, 15) is 4.79 Å². The highest BCUT2D eigenvalue weighted by Gasteiger charge is 2.27. The van der Waals surface area contributed by atoms with Crippen molar-refractivity contribution in [2.75, 3.05) is 20.8 Å². The number of nitrogens with zero attached hydrogens (tertiary/aromatic N) is 4. The van der Waals surface area contributed by atoms with Gasteiger partial charge < -0.3 is 19.8 Å². The number of methoxy groups -OCH3 is 2. The molecule has 3 aromatic heterocycles. The van der Waals surface area contributed by atoms with Crippen molar-refractivity contribution in [2.24, 2.45) is 18.7 Å². The van der Waals surface area contributed by atoms with Crippen LogP contribution in [0.15, 0.2) is 54.9 Å². The Morgan fingerprint density at radius 3 is 2.56 bits per heavy atom. The molecule has 41 heavy (non-hydrogen) atoms. The van der Waals surface area contributed by atoms with Crippen molar-refractivity contribution in [3.05, 3.63) is 77.6 Å². The van der Waals surface area contributed by atoms with Crippen LogP contribution in [0.4, 0.5) is 0 Å². The molecule has 1 aliphatic rings. The van der Waals surface area contributed by atoms with Gasteiger partial charge in [-0.1, -0.05) is 18.2 Å². The fourth-order valence-corrected chi connectivity index (χ4v) is 6.45. The summed E-state index contributed by atoms with van der Waals surface area (Å²) in [6, 6.07) is 13.8. The van der Waals surface area contributed by atoms with Gasteiger partial charge in [0.1, 0.15) is 17.3 Å². The summed E-state index contributed by atoms with van der Waals surface area (Å²) in [5.41, 5.74) is 12.2. The van der Waals surface area contributed by atoms with E-state index in [1.807, 2.05) is 73.4 Å². The molecule has 0 saturated heterocycles. The molecule has 0 atom stereocenters. The standard InChI is InChI=1S/C33H37N5O3/c1-20-32-31(36-33(38(32)15-14-35-20)22-10-8-21(19-34)9-11-22)24-13-12-23(30(17-24)41-4)16-28(39)27-18-25-26(37(27)2)6-5-7-29(25)40-3/h5-7,12-15,17-18,21-22H,8-11,16,19,34H2,1-4H3. The molecular weight excluding hydrogens is 514 g/mol. The number of hydrogen-bond donors (Lipinski definition) is 1. The van der Waals surface area contributed by atoms with Crippen LogP contribution in [0.25, 0.3) is 27.7 Å². The Kier molecular flexibility index (Phi) is 7.26. The van der Waals surface area contributed by atoms with Gasteiger partial charge in [0.15, 0.2) is 5.78 Å². The van der Waals surface area contributed by atoms with Gasteiger partial charge >= 0.3 is 0 Å². The number of Topliss-reactive ketones (excluding diaryl/α,β-unsaturated/α-hetero) is 1. The van der Waals surface area contributed by atoms with E-state index in [0.717, 1.165) is 82.7 Å². The number of ether oxygens (including phenoxy) is 2. The van der Waals surface area contributed by atoms with Gasteiger partial charge in [-0.05, 0) is 69.3 Å². The van der Waals surface area contributed by atoms with Crippen LogP contribution in [0.3, 0.4) is 0 Å². The third kappa shape index (κ3) is 4.76. The summed E-state index contributed by atoms with van der Waals surface area (Å²) in [6.45, 7) is 2.78. The van der Waals surface area contributed by atoms with Crippen LogP contribution in [0, 0.1) is 12.8 Å². The van der Waals surface area contributed by atoms with Crippen LogP contribution in [-0.4, -0.2) is 45.5 Å². The molecule has 8 nitrogen and oxygen atoms in total. The first-order valence-electron chi connectivity index (χ1n) is 14.3. The monoisotopic (exact) mass is 551 g/mol. The van der Waals surface area contributed by atoms with Crippen LogP contribution >= 0.6 is 0 Å². The minimum atomic E-state index is 0.0136. The minimum Gasteiger partial charge on any atom is -0.496 e. The summed E-state index contributed by atoms with van der Waals surface area (Å²) in [7, 11) is 5.20. The Labute approximate surface area is 240 Å². The molecule has 5 aromatic rings. The van der Waals surface area contributed by atoms with E-state index in [-0.39, 0.29) is 12.2 Å². The summed E-state index contributed by atoms with van der Waals surface area (Å²) in [4.78, 5) is 23.3. The molecule has 2 N–H and O–H groups in total. The van der Waals surface area contributed by atoms with Gasteiger partial charge in [0.25, 0.3) is 0 Å². The number of carbonyl (C=O) groups excluding carboxylic acids is 1. The lowest BCUT2D eigenvalue weighted by molar-refractivity contribution is 0.0984. The second kappa shape index (κ2) is 11.0. The number of nitrogens with two attached hydrogens (primary N) is 1. The Bertz CT molecular complexity index is 1740. The first kappa shape index (κ1) is 27.0. The van der Waals surface area contributed by atoms with E-state index < -0.39 is 0 Å². The third-order valence-electron chi connectivity index (χ3n) is 8.77. The van der Waals surface area contributed by atoms with Crippen molar-refractivity contribution in [3.8, 4) is 22.8 Å². The molecule has 212 valence electrons. The lowest BCUT2D eigenvalue weighted by atomic mass is 9.81. The van der Waals surface area contributed by atoms with E-state index in [1.165, 1.54) is 0 Å². The molecule has 1 aliphatic carbocycles. The second-order valence-corrected chi connectivity index (χ2v) is 11.1. The van der Waals surface area contributed by atoms with Crippen molar-refractivity contribution in [1.29, 1.82) is 0 Å². The maximum Gasteiger partial charge on any atom is 0.183 e. The number of rotatable bonds is 8. The predicted octanol–water partition coefficient (Wildman–Crippen LogP) is 5.87. The molecule has 0 radical (unpaired) electrons. The first-order chi connectivity index (χ1) is 19.9. The lowest BCUT2D eigenvalue weighted by Gasteiger charge is -2.26. The van der Waals surface area contributed by atoms with Crippen molar-refractivity contribution >= 4 is 22.2 Å². The first-order valence-corrected chi connectivity index (χ1v) is 14.3. The van der Waals surface area contributed by atoms with Gasteiger partial charge in [0, 0.05) is 48.3 Å². The second-order valence-electron chi connectivity index (χ2n) is 11.1. The van der Waals surface area contributed by atoms with E-state index in [1.54, 1.807) is 14.2 Å². The topological polar surface area (TPSA) is 96.7 Å². The van der Waals surface area contributed by atoms with Crippen molar-refractivity contribution in [1.82, 2.24) is 18.9 Å². The molecule has 0 amide bonds. The molecule has 8 heteroatoms. The lowest BCUT2D eigenvalue weighted by Crippen LogP contribution is -2.21. The zero-order valence-corrected chi connectivity index (χ0v) is 24.2. The summed E-state index contributed by atoms with van der Waals surface area (Å²) in [6.07, 6.45) is 8.53. The van der Waals surface area contributed by atoms with Crippen LogP contribution in [0.5, 0.6) is 11.5 Å². The number of imidazole rings is 1. The highest BCUT2D eigenvalue weighted by Crippen LogP contribution is 2.39. The minimum absolute atomic E-state index is 0.0136. The van der Waals surface area contributed by atoms with E-state index in [2.05, 4.69) is 9.38 Å². The molecule has 0 bridgehead atoms. The van der Waals surface area contributed by atoms with E-state index >= 15 is 0 Å². The van der Waals surface area contributed by atoms with Gasteiger partial charge in [-0.2, -0.15) is 0 Å². The zero-order chi connectivity index (χ0) is 28.7. The number of ketones is 1. The van der Waals surface area contributed by atoms with Gasteiger partial charge in [-0.25, -0.2) is 4.98 Å². The average Bonchev–Trinajstić information content (AvgIpc) is 3.56. The average molecular weight is 552 g/mol. The number of carbonyl (C=O) groups is 1. The molecule has 1 saturated carbocycles. The van der Waals surface area contributed by atoms with E-state index in [0.29, 0.717) is 23.3 Å². The SMILES string of the molecule is COc1cc(-c2nc(C3CCC(CN)CC3)n3ccnc(C)c23)ccc1CC(=O)c1cc2c(OC)cccc2n1C. The number of aryl methyl sites for hydroxylation is 2. The van der Waals surface area contributed by atoms with Crippen molar-refractivity contribution < 1.29 is 14.3 Å². The largest absolute Gasteiger partial charge is 0.496 e. The Morgan fingerprint density at radius 1 is 1.05 bits per heavy atom. The maximum absolute atomic E-state index is 13.5. The van der Waals surface area contributed by atoms with Gasteiger partial charge in [-0.15, -0.1) is 0 Å². The summed E-state index contributed by atoms with van der Waals surface area (Å²) in [5.74, 6) is 3.51. The molecule has 3 heterocycles. The quantitative estimate of drug-likeness (QED) is 0.242. The highest BCUT2D eigenvalue weighted by molar-refractivity contribution is 6.02. The fourth-order valence-electron chi connectivity index (χ4n) is 6.45. The third-order valence-corrected chi connectivity index (χ3v) is 8.77. The van der Waals surface area contributed by atoms with Crippen molar-refractivity contribution in [3.63, 3.8) is 0 Å². The van der Waals surface area contributed by atoms with Gasteiger partial charge in [0.2, 0.25) is 0 Å². The van der Waals surface area contributed by atoms with Crippen LogP contribution in [0.1, 0.15) is 59.2 Å². The van der Waals surface area contributed by atoms with E-state index in [4.69, 9.17) is 20.2 Å². The summed E-state index contributed by atoms with van der Waals surface area (Å²) in [5, 5.41) is 0.922. The predicted molar refractivity (Wildman–Crippen MR) is 161 cm³/mol.